The van der Waals surface area contributed by atoms with Crippen LogP contribution >= 0.6 is 0 Å². The molecule has 1 aliphatic rings. The average molecular weight is 492 g/mol. The van der Waals surface area contributed by atoms with E-state index < -0.39 is 59.9 Å². The molecule has 0 saturated carbocycles. The van der Waals surface area contributed by atoms with Gasteiger partial charge in [-0.25, -0.2) is 4.79 Å². The molecule has 12 heteroatoms. The topological polar surface area (TPSA) is 205 Å². The van der Waals surface area contributed by atoms with Gasteiger partial charge in [-0.1, -0.05) is 30.3 Å². The molecule has 0 radical (unpaired) electrons. The molecule has 1 aromatic rings. The van der Waals surface area contributed by atoms with Crippen molar-refractivity contribution in [2.75, 3.05) is 6.54 Å². The lowest BCUT2D eigenvalue weighted by molar-refractivity contribution is -0.145. The molecule has 1 aliphatic heterocycles. The SMILES string of the molecule is CC(O)C(N)C(=O)NC(CCC(N)=O)C(=O)N1CCCC1C(=O)NC(Cc1ccccc1)C(=O)O. The Kier molecular flexibility index (Phi) is 10.2. The second kappa shape index (κ2) is 12.8. The Morgan fingerprint density at radius 1 is 1.11 bits per heavy atom. The number of carbonyl (C=O) groups excluding carboxylic acids is 4. The van der Waals surface area contributed by atoms with Crippen LogP contribution in [0.4, 0.5) is 0 Å². The standard InChI is InChI=1S/C23H33N5O7/c1-13(29)19(25)21(32)26-15(9-10-18(24)30)22(33)28-11-5-8-17(28)20(31)27-16(23(34)35)12-14-6-3-2-4-7-14/h2-4,6-7,13,15-17,19,29H,5,8-12,25H2,1H3,(H2,24,30)(H,26,32)(H,27,31)(H,34,35). The Labute approximate surface area is 203 Å². The van der Waals surface area contributed by atoms with E-state index in [4.69, 9.17) is 11.5 Å². The minimum atomic E-state index is -1.30. The first-order chi connectivity index (χ1) is 16.5. The highest BCUT2D eigenvalue weighted by Crippen LogP contribution is 2.20. The number of aliphatic hydroxyl groups excluding tert-OH is 1. The van der Waals surface area contributed by atoms with Crippen molar-refractivity contribution >= 4 is 29.6 Å². The fourth-order valence-electron chi connectivity index (χ4n) is 3.85. The molecule has 4 amide bonds. The zero-order chi connectivity index (χ0) is 26.1. The highest BCUT2D eigenvalue weighted by atomic mass is 16.4. The van der Waals surface area contributed by atoms with Gasteiger partial charge in [-0.05, 0) is 31.7 Å². The van der Waals surface area contributed by atoms with Crippen molar-refractivity contribution in [1.29, 1.82) is 0 Å². The zero-order valence-electron chi connectivity index (χ0n) is 19.6. The van der Waals surface area contributed by atoms with Gasteiger partial charge in [-0.2, -0.15) is 0 Å². The molecule has 2 rings (SSSR count). The van der Waals surface area contributed by atoms with Gasteiger partial charge < -0.3 is 37.2 Å². The fourth-order valence-corrected chi connectivity index (χ4v) is 3.85. The number of aliphatic carboxylic acids is 1. The molecule has 1 aromatic carbocycles. The Balaban J connectivity index is 2.14. The molecule has 12 nitrogen and oxygen atoms in total. The van der Waals surface area contributed by atoms with Crippen molar-refractivity contribution in [3.8, 4) is 0 Å². The monoisotopic (exact) mass is 491 g/mol. The van der Waals surface area contributed by atoms with E-state index in [2.05, 4.69) is 10.6 Å². The summed E-state index contributed by atoms with van der Waals surface area (Å²) >= 11 is 0. The number of carboxylic acids is 1. The molecule has 1 fully saturated rings. The molecule has 35 heavy (non-hydrogen) atoms. The van der Waals surface area contributed by atoms with Crippen LogP contribution in [0.1, 0.15) is 38.2 Å². The average Bonchev–Trinajstić information content (AvgIpc) is 3.30. The van der Waals surface area contributed by atoms with E-state index in [0.29, 0.717) is 12.8 Å². The predicted molar refractivity (Wildman–Crippen MR) is 124 cm³/mol. The quantitative estimate of drug-likeness (QED) is 0.197. The number of benzene rings is 1. The third-order valence-corrected chi connectivity index (χ3v) is 5.85. The lowest BCUT2D eigenvalue weighted by atomic mass is 10.0. The Bertz CT molecular complexity index is 924. The number of nitrogens with two attached hydrogens (primary N) is 2. The maximum absolute atomic E-state index is 13.3. The largest absolute Gasteiger partial charge is 0.480 e. The summed E-state index contributed by atoms with van der Waals surface area (Å²) in [5, 5.41) is 24.1. The number of nitrogens with zero attached hydrogens (tertiary/aromatic N) is 1. The Hall–Kier alpha value is -3.51. The van der Waals surface area contributed by atoms with Gasteiger partial charge in [-0.3, -0.25) is 19.2 Å². The first kappa shape index (κ1) is 27.7. The van der Waals surface area contributed by atoms with E-state index in [1.54, 1.807) is 30.3 Å². The molecule has 1 heterocycles. The Morgan fingerprint density at radius 2 is 1.77 bits per heavy atom. The maximum atomic E-state index is 13.3. The molecule has 0 aliphatic carbocycles. The van der Waals surface area contributed by atoms with Crippen LogP contribution in [0.3, 0.4) is 0 Å². The number of carbonyl (C=O) groups is 5. The minimum absolute atomic E-state index is 0.0666. The van der Waals surface area contributed by atoms with E-state index >= 15 is 0 Å². The van der Waals surface area contributed by atoms with Crippen LogP contribution < -0.4 is 22.1 Å². The van der Waals surface area contributed by atoms with Crippen molar-refractivity contribution in [3.63, 3.8) is 0 Å². The smallest absolute Gasteiger partial charge is 0.326 e. The van der Waals surface area contributed by atoms with Crippen LogP contribution in [-0.2, 0) is 30.4 Å². The molecule has 5 atom stereocenters. The van der Waals surface area contributed by atoms with E-state index in [9.17, 15) is 34.2 Å². The first-order valence-electron chi connectivity index (χ1n) is 11.4. The molecule has 192 valence electrons. The van der Waals surface area contributed by atoms with E-state index in [0.717, 1.165) is 5.56 Å². The molecule has 1 saturated heterocycles. The lowest BCUT2D eigenvalue weighted by Crippen LogP contribution is -2.58. The summed E-state index contributed by atoms with van der Waals surface area (Å²) in [6.45, 7) is 1.53. The molecule has 0 aromatic heterocycles. The van der Waals surface area contributed by atoms with Crippen LogP contribution in [0.2, 0.25) is 0 Å². The van der Waals surface area contributed by atoms with Gasteiger partial charge in [0.25, 0.3) is 0 Å². The summed E-state index contributed by atoms with van der Waals surface area (Å²) in [5.41, 5.74) is 11.6. The second-order valence-electron chi connectivity index (χ2n) is 8.61. The number of carboxylic acid groups (broad SMARTS) is 1. The van der Waals surface area contributed by atoms with Crippen molar-refractivity contribution in [2.45, 2.75) is 69.3 Å². The molecule has 5 unspecified atom stereocenters. The number of likely N-dealkylation sites (tertiary alicyclic amines) is 1. The first-order valence-corrected chi connectivity index (χ1v) is 11.4. The van der Waals surface area contributed by atoms with Gasteiger partial charge in [-0.15, -0.1) is 0 Å². The van der Waals surface area contributed by atoms with Crippen LogP contribution in [0.15, 0.2) is 30.3 Å². The van der Waals surface area contributed by atoms with Crippen molar-refractivity contribution in [1.82, 2.24) is 15.5 Å². The van der Waals surface area contributed by atoms with Gasteiger partial charge in [0.1, 0.15) is 24.2 Å². The number of hydrogen-bond donors (Lipinski definition) is 6. The molecule has 0 bridgehead atoms. The number of aliphatic hydroxyl groups is 1. The third-order valence-electron chi connectivity index (χ3n) is 5.85. The van der Waals surface area contributed by atoms with Gasteiger partial charge in [0.05, 0.1) is 6.10 Å². The molecular weight excluding hydrogens is 458 g/mol. The fraction of sp³-hybridized carbons (Fsp3) is 0.522. The van der Waals surface area contributed by atoms with Crippen LogP contribution in [0.5, 0.6) is 0 Å². The summed E-state index contributed by atoms with van der Waals surface area (Å²) in [4.78, 5) is 62.9. The van der Waals surface area contributed by atoms with Gasteiger partial charge in [0.15, 0.2) is 0 Å². The van der Waals surface area contributed by atoms with Crippen molar-refractivity contribution in [2.24, 2.45) is 11.5 Å². The molecule has 0 spiro atoms. The normalized spacial score (nSPS) is 18.7. The Morgan fingerprint density at radius 3 is 2.34 bits per heavy atom. The highest BCUT2D eigenvalue weighted by molar-refractivity contribution is 5.95. The number of hydrogen-bond acceptors (Lipinski definition) is 7. The number of rotatable bonds is 12. The van der Waals surface area contributed by atoms with Crippen LogP contribution in [0.25, 0.3) is 0 Å². The highest BCUT2D eigenvalue weighted by Gasteiger charge is 2.39. The minimum Gasteiger partial charge on any atom is -0.480 e. The number of nitrogens with one attached hydrogen (secondary N) is 2. The number of amides is 4. The van der Waals surface area contributed by atoms with Crippen LogP contribution in [0, 0.1) is 0 Å². The van der Waals surface area contributed by atoms with Crippen LogP contribution in [-0.4, -0.2) is 81.5 Å². The van der Waals surface area contributed by atoms with Crippen molar-refractivity contribution in [3.05, 3.63) is 35.9 Å². The van der Waals surface area contributed by atoms with E-state index in [-0.39, 0.29) is 25.8 Å². The summed E-state index contributed by atoms with van der Waals surface area (Å²) < 4.78 is 0. The van der Waals surface area contributed by atoms with Gasteiger partial charge >= 0.3 is 5.97 Å². The predicted octanol–water partition coefficient (Wildman–Crippen LogP) is -1.75. The molecule has 8 N–H and O–H groups in total. The van der Waals surface area contributed by atoms with Gasteiger partial charge in [0.2, 0.25) is 23.6 Å². The van der Waals surface area contributed by atoms with Crippen molar-refractivity contribution < 1.29 is 34.2 Å². The summed E-state index contributed by atoms with van der Waals surface area (Å²) in [5.74, 6) is -3.93. The summed E-state index contributed by atoms with van der Waals surface area (Å²) in [6.07, 6.45) is -0.642. The lowest BCUT2D eigenvalue weighted by Gasteiger charge is -2.30. The zero-order valence-corrected chi connectivity index (χ0v) is 19.6. The molecular formula is C23H33N5O7. The van der Waals surface area contributed by atoms with E-state index in [1.807, 2.05) is 0 Å². The maximum Gasteiger partial charge on any atom is 0.326 e. The van der Waals surface area contributed by atoms with Gasteiger partial charge in [0, 0.05) is 19.4 Å². The third kappa shape index (κ3) is 8.04. The summed E-state index contributed by atoms with van der Waals surface area (Å²) in [7, 11) is 0. The summed E-state index contributed by atoms with van der Waals surface area (Å²) in [6, 6.07) is 4.17. The second-order valence-corrected chi connectivity index (χ2v) is 8.61. The van der Waals surface area contributed by atoms with E-state index in [1.165, 1.54) is 11.8 Å². The number of primary amides is 1.